The summed E-state index contributed by atoms with van der Waals surface area (Å²) >= 11 is 0. The lowest BCUT2D eigenvalue weighted by molar-refractivity contribution is -0.139. The molecule has 0 spiro atoms. The van der Waals surface area contributed by atoms with E-state index in [2.05, 4.69) is 27.7 Å². The van der Waals surface area contributed by atoms with Crippen molar-refractivity contribution in [3.8, 4) is 0 Å². The third-order valence-corrected chi connectivity index (χ3v) is 5.72. The first kappa shape index (κ1) is 16.0. The Kier molecular flexibility index (Phi) is 4.28. The molecule has 4 aliphatic rings. The molecular weight excluding hydrogens is 307 g/mol. The quantitative estimate of drug-likeness (QED) is 0.853. The topological polar surface area (TPSA) is 47.6 Å². The van der Waals surface area contributed by atoms with E-state index >= 15 is 0 Å². The van der Waals surface area contributed by atoms with Gasteiger partial charge >= 0.3 is 0 Å². The Morgan fingerprint density at radius 1 is 1.21 bits per heavy atom. The van der Waals surface area contributed by atoms with Crippen molar-refractivity contribution in [3.05, 3.63) is 35.6 Å². The van der Waals surface area contributed by atoms with Crippen molar-refractivity contribution < 1.29 is 9.18 Å². The van der Waals surface area contributed by atoms with Gasteiger partial charge in [-0.25, -0.2) is 9.82 Å². The molecule has 4 aliphatic heterocycles. The highest BCUT2D eigenvalue weighted by molar-refractivity contribution is 5.81. The van der Waals surface area contributed by atoms with Crippen LogP contribution in [0.1, 0.15) is 24.4 Å². The first-order valence-electron chi connectivity index (χ1n) is 8.85. The second kappa shape index (κ2) is 6.43. The van der Waals surface area contributed by atoms with E-state index in [1.165, 1.54) is 12.5 Å². The number of carbonyl (C=O) groups is 1. The molecule has 5 nitrogen and oxygen atoms in total. The molecular formula is C18H25FN4O. The standard InChI is InChI=1S/C18H25FN4O/c1-22-9-12-6-7-13(11-22)23(10-12)18(24)15-8-20-21-17(15)14-4-2-3-5-16(14)19/h2-5,12-13,15,17,20-21H,6-11H2,1H3/t12-,13+,15?,17?/m1/s1. The first-order chi connectivity index (χ1) is 11.6. The van der Waals surface area contributed by atoms with E-state index in [4.69, 9.17) is 0 Å². The Morgan fingerprint density at radius 3 is 2.88 bits per heavy atom. The zero-order valence-corrected chi connectivity index (χ0v) is 14.0. The molecule has 2 bridgehead atoms. The lowest BCUT2D eigenvalue weighted by Crippen LogP contribution is -2.50. The molecule has 0 aliphatic carbocycles. The van der Waals surface area contributed by atoms with Crippen molar-refractivity contribution in [2.75, 3.05) is 33.2 Å². The predicted octanol–water partition coefficient (Wildman–Crippen LogP) is 1.14. The SMILES string of the molecule is CN1C[C@H]2CC[C@@H](C1)N(C(=O)C1CNNC1c1ccccc1F)C2. The minimum atomic E-state index is -0.307. The lowest BCUT2D eigenvalue weighted by Gasteiger charge is -2.38. The number of hydrogen-bond donors (Lipinski definition) is 2. The molecule has 6 heteroatoms. The molecule has 1 aromatic carbocycles. The van der Waals surface area contributed by atoms with Gasteiger partial charge in [-0.15, -0.1) is 0 Å². The van der Waals surface area contributed by atoms with Crippen LogP contribution in [0.4, 0.5) is 4.39 Å². The highest BCUT2D eigenvalue weighted by Gasteiger charge is 2.43. The molecule has 1 aromatic rings. The number of rotatable bonds is 2. The Bertz CT molecular complexity index is 625. The number of benzene rings is 1. The number of nitrogens with one attached hydrogen (secondary N) is 2. The molecule has 4 heterocycles. The summed E-state index contributed by atoms with van der Waals surface area (Å²) < 4.78 is 14.2. The number of hydrazine groups is 1. The average Bonchev–Trinajstić information content (AvgIpc) is 2.91. The van der Waals surface area contributed by atoms with Gasteiger partial charge in [0.2, 0.25) is 5.91 Å². The lowest BCUT2D eigenvalue weighted by atomic mass is 9.89. The summed E-state index contributed by atoms with van der Waals surface area (Å²) in [5.41, 5.74) is 6.73. The van der Waals surface area contributed by atoms with E-state index in [9.17, 15) is 9.18 Å². The third-order valence-electron chi connectivity index (χ3n) is 5.72. The van der Waals surface area contributed by atoms with E-state index < -0.39 is 0 Å². The van der Waals surface area contributed by atoms with Crippen LogP contribution in [0.3, 0.4) is 0 Å². The van der Waals surface area contributed by atoms with Crippen molar-refractivity contribution >= 4 is 5.91 Å². The molecule has 4 atom stereocenters. The fourth-order valence-corrected chi connectivity index (χ4v) is 4.55. The van der Waals surface area contributed by atoms with Gasteiger partial charge in [0.05, 0.1) is 12.0 Å². The van der Waals surface area contributed by atoms with Gasteiger partial charge in [-0.3, -0.25) is 10.2 Å². The van der Waals surface area contributed by atoms with Crippen LogP contribution in [0.25, 0.3) is 0 Å². The number of likely N-dealkylation sites (N-methyl/N-ethyl adjacent to an activating group) is 1. The number of piperidine rings is 1. The zero-order chi connectivity index (χ0) is 16.7. The van der Waals surface area contributed by atoms with Crippen LogP contribution in [0, 0.1) is 17.7 Å². The van der Waals surface area contributed by atoms with Crippen LogP contribution in [0.2, 0.25) is 0 Å². The number of nitrogens with zero attached hydrogens (tertiary/aromatic N) is 2. The summed E-state index contributed by atoms with van der Waals surface area (Å²) in [6.45, 7) is 3.40. The van der Waals surface area contributed by atoms with Gasteiger partial charge < -0.3 is 9.80 Å². The second-order valence-electron chi connectivity index (χ2n) is 7.44. The van der Waals surface area contributed by atoms with Gasteiger partial charge in [-0.1, -0.05) is 18.2 Å². The number of hydrogen-bond acceptors (Lipinski definition) is 4. The summed E-state index contributed by atoms with van der Waals surface area (Å²) in [7, 11) is 2.14. The van der Waals surface area contributed by atoms with Crippen molar-refractivity contribution in [1.29, 1.82) is 0 Å². The van der Waals surface area contributed by atoms with Crippen molar-refractivity contribution in [2.45, 2.75) is 24.9 Å². The van der Waals surface area contributed by atoms with E-state index in [-0.39, 0.29) is 23.7 Å². The number of carbonyl (C=O) groups excluding carboxylic acids is 1. The van der Waals surface area contributed by atoms with Crippen LogP contribution in [-0.2, 0) is 4.79 Å². The Balaban J connectivity index is 1.56. The maximum atomic E-state index is 14.2. The number of halogens is 1. The molecule has 4 saturated heterocycles. The summed E-state index contributed by atoms with van der Waals surface area (Å²) in [6, 6.07) is 6.72. The van der Waals surface area contributed by atoms with Crippen molar-refractivity contribution in [1.82, 2.24) is 20.7 Å². The highest BCUT2D eigenvalue weighted by atomic mass is 19.1. The summed E-state index contributed by atoms with van der Waals surface area (Å²) in [5.74, 6) is 0.206. The predicted molar refractivity (Wildman–Crippen MR) is 89.5 cm³/mol. The van der Waals surface area contributed by atoms with E-state index in [1.54, 1.807) is 12.1 Å². The molecule has 2 unspecified atom stereocenters. The minimum Gasteiger partial charge on any atom is -0.338 e. The Labute approximate surface area is 142 Å². The number of amides is 1. The maximum Gasteiger partial charge on any atom is 0.229 e. The molecule has 0 saturated carbocycles. The molecule has 24 heavy (non-hydrogen) atoms. The number of fused-ring (bicyclic) bond motifs is 4. The van der Waals surface area contributed by atoms with Crippen LogP contribution in [0.15, 0.2) is 24.3 Å². The Hall–Kier alpha value is -1.50. The van der Waals surface area contributed by atoms with Gasteiger partial charge in [-0.05, 0) is 31.9 Å². The zero-order valence-electron chi connectivity index (χ0n) is 14.0. The van der Waals surface area contributed by atoms with E-state index in [0.29, 0.717) is 24.1 Å². The van der Waals surface area contributed by atoms with Crippen LogP contribution in [0.5, 0.6) is 0 Å². The second-order valence-corrected chi connectivity index (χ2v) is 7.44. The summed E-state index contributed by atoms with van der Waals surface area (Å²) in [6.07, 6.45) is 2.29. The van der Waals surface area contributed by atoms with Gasteiger partial charge in [0.15, 0.2) is 0 Å². The molecule has 2 N–H and O–H groups in total. The molecule has 0 radical (unpaired) electrons. The largest absolute Gasteiger partial charge is 0.338 e. The van der Waals surface area contributed by atoms with Gasteiger partial charge in [0.25, 0.3) is 0 Å². The summed E-state index contributed by atoms with van der Waals surface area (Å²) in [5, 5.41) is 0. The van der Waals surface area contributed by atoms with Gasteiger partial charge in [0, 0.05) is 37.8 Å². The van der Waals surface area contributed by atoms with Crippen LogP contribution >= 0.6 is 0 Å². The monoisotopic (exact) mass is 332 g/mol. The van der Waals surface area contributed by atoms with E-state index in [0.717, 1.165) is 26.1 Å². The van der Waals surface area contributed by atoms with Gasteiger partial charge in [-0.2, -0.15) is 0 Å². The van der Waals surface area contributed by atoms with Crippen LogP contribution in [-0.4, -0.2) is 55.0 Å². The molecule has 1 amide bonds. The van der Waals surface area contributed by atoms with Crippen molar-refractivity contribution in [3.63, 3.8) is 0 Å². The highest BCUT2D eigenvalue weighted by Crippen LogP contribution is 2.33. The molecule has 4 fully saturated rings. The minimum absolute atomic E-state index is 0.158. The fourth-order valence-electron chi connectivity index (χ4n) is 4.55. The normalized spacial score (nSPS) is 33.7. The van der Waals surface area contributed by atoms with Gasteiger partial charge in [0.1, 0.15) is 5.82 Å². The molecule has 130 valence electrons. The average molecular weight is 332 g/mol. The smallest absolute Gasteiger partial charge is 0.229 e. The molecule has 5 rings (SSSR count). The van der Waals surface area contributed by atoms with Crippen molar-refractivity contribution in [2.24, 2.45) is 11.8 Å². The Morgan fingerprint density at radius 2 is 2.04 bits per heavy atom. The van der Waals surface area contributed by atoms with Crippen LogP contribution < -0.4 is 10.9 Å². The third kappa shape index (κ3) is 2.83. The maximum absolute atomic E-state index is 14.2. The summed E-state index contributed by atoms with van der Waals surface area (Å²) in [4.78, 5) is 17.7. The van der Waals surface area contributed by atoms with E-state index in [1.807, 2.05) is 6.07 Å². The molecule has 0 aromatic heterocycles. The first-order valence-corrected chi connectivity index (χ1v) is 8.85. The fraction of sp³-hybridized carbons (Fsp3) is 0.611.